The molecule has 0 bridgehead atoms. The molecule has 108 valence electrons. The lowest BCUT2D eigenvalue weighted by Gasteiger charge is -2.27. The van der Waals surface area contributed by atoms with E-state index in [4.69, 9.17) is 0 Å². The highest BCUT2D eigenvalue weighted by Crippen LogP contribution is 2.36. The van der Waals surface area contributed by atoms with Crippen molar-refractivity contribution < 1.29 is 13.2 Å². The van der Waals surface area contributed by atoms with Gasteiger partial charge < -0.3 is 5.32 Å². The van der Waals surface area contributed by atoms with E-state index >= 15 is 0 Å². The van der Waals surface area contributed by atoms with Crippen molar-refractivity contribution in [2.75, 3.05) is 26.2 Å². The molecule has 19 heavy (non-hydrogen) atoms. The maximum atomic E-state index is 12.7. The number of hydrogen-bond acceptors (Lipinski definition) is 4. The molecule has 7 heteroatoms. The second-order valence-electron chi connectivity index (χ2n) is 5.01. The molecule has 0 unspecified atom stereocenters. The zero-order chi connectivity index (χ0) is 14.0. The Morgan fingerprint density at radius 3 is 2.47 bits per heavy atom. The fourth-order valence-electron chi connectivity index (χ4n) is 2.12. The highest BCUT2D eigenvalue weighted by Gasteiger charge is 2.36. The van der Waals surface area contributed by atoms with Gasteiger partial charge in [0.1, 0.15) is 0 Å². The molecule has 1 N–H and O–H groups in total. The first kappa shape index (κ1) is 14.7. The highest BCUT2D eigenvalue weighted by molar-refractivity contribution is 7.11. The molecule has 0 aromatic carbocycles. The van der Waals surface area contributed by atoms with Gasteiger partial charge in [-0.2, -0.15) is 13.2 Å². The lowest BCUT2D eigenvalue weighted by Crippen LogP contribution is -2.42. The van der Waals surface area contributed by atoms with Crippen LogP contribution in [0.15, 0.2) is 0 Å². The Kier molecular flexibility index (Phi) is 4.47. The smallest absolute Gasteiger partial charge is 0.314 e. The summed E-state index contributed by atoms with van der Waals surface area (Å²) in [6, 6.07) is 0. The molecule has 1 saturated heterocycles. The summed E-state index contributed by atoms with van der Waals surface area (Å²) in [6.07, 6.45) is -4.34. The summed E-state index contributed by atoms with van der Waals surface area (Å²) in [7, 11) is 0. The number of nitrogens with one attached hydrogen (secondary N) is 1. The van der Waals surface area contributed by atoms with Crippen LogP contribution < -0.4 is 5.32 Å². The third-order valence-corrected chi connectivity index (χ3v) is 4.19. The first-order valence-electron chi connectivity index (χ1n) is 6.38. The molecule has 1 fully saturated rings. The largest absolute Gasteiger partial charge is 0.443 e. The summed E-state index contributed by atoms with van der Waals surface area (Å²) >= 11 is 0.790. The molecule has 0 radical (unpaired) electrons. The molecule has 0 saturated carbocycles. The topological polar surface area (TPSA) is 28.2 Å². The number of halogens is 3. The number of piperazine rings is 1. The Morgan fingerprint density at radius 1 is 1.32 bits per heavy atom. The van der Waals surface area contributed by atoms with Crippen molar-refractivity contribution in [1.29, 1.82) is 0 Å². The van der Waals surface area contributed by atoms with Crippen molar-refractivity contribution in [2.24, 2.45) is 0 Å². The van der Waals surface area contributed by atoms with Crippen molar-refractivity contribution >= 4 is 11.3 Å². The van der Waals surface area contributed by atoms with E-state index in [1.807, 2.05) is 13.8 Å². The van der Waals surface area contributed by atoms with E-state index < -0.39 is 11.2 Å². The van der Waals surface area contributed by atoms with Crippen LogP contribution in [0, 0.1) is 0 Å². The number of aromatic nitrogens is 1. The Morgan fingerprint density at radius 2 is 1.95 bits per heavy atom. The predicted molar refractivity (Wildman–Crippen MR) is 69.4 cm³/mol. The molecule has 1 aliphatic heterocycles. The molecule has 0 amide bonds. The van der Waals surface area contributed by atoms with Gasteiger partial charge in [0, 0.05) is 37.6 Å². The Hall–Kier alpha value is -0.660. The molecular formula is C12H18F3N3S. The molecule has 1 aromatic rings. The van der Waals surface area contributed by atoms with Crippen LogP contribution in [0.25, 0.3) is 0 Å². The zero-order valence-corrected chi connectivity index (χ0v) is 11.9. The van der Waals surface area contributed by atoms with E-state index in [0.717, 1.165) is 42.4 Å². The SMILES string of the molecule is CC(C)c1nc(C(F)(F)F)sc1CN1CCNCC1. The third kappa shape index (κ3) is 3.67. The van der Waals surface area contributed by atoms with Crippen molar-refractivity contribution in [3.8, 4) is 0 Å². The van der Waals surface area contributed by atoms with Crippen LogP contribution >= 0.6 is 11.3 Å². The fraction of sp³-hybridized carbons (Fsp3) is 0.750. The van der Waals surface area contributed by atoms with Crippen LogP contribution in [0.3, 0.4) is 0 Å². The van der Waals surface area contributed by atoms with Crippen LogP contribution in [0.5, 0.6) is 0 Å². The van der Waals surface area contributed by atoms with Gasteiger partial charge in [-0.05, 0) is 5.92 Å². The minimum absolute atomic E-state index is 0.0188. The summed E-state index contributed by atoms with van der Waals surface area (Å²) in [6.45, 7) is 7.87. The lowest BCUT2D eigenvalue weighted by molar-refractivity contribution is -0.137. The average molecular weight is 293 g/mol. The molecule has 0 atom stereocenters. The zero-order valence-electron chi connectivity index (χ0n) is 11.0. The van der Waals surface area contributed by atoms with Gasteiger partial charge in [-0.15, -0.1) is 11.3 Å². The first-order chi connectivity index (χ1) is 8.88. The summed E-state index contributed by atoms with van der Waals surface area (Å²) in [4.78, 5) is 6.73. The van der Waals surface area contributed by atoms with Crippen molar-refractivity contribution in [2.45, 2.75) is 32.5 Å². The maximum Gasteiger partial charge on any atom is 0.443 e. The quantitative estimate of drug-likeness (QED) is 0.929. The molecule has 3 nitrogen and oxygen atoms in total. The monoisotopic (exact) mass is 293 g/mol. The number of alkyl halides is 3. The molecular weight excluding hydrogens is 275 g/mol. The predicted octanol–water partition coefficient (Wildman–Crippen LogP) is 2.69. The van der Waals surface area contributed by atoms with E-state index in [1.165, 1.54) is 0 Å². The van der Waals surface area contributed by atoms with Crippen LogP contribution in [-0.2, 0) is 12.7 Å². The van der Waals surface area contributed by atoms with Crippen LogP contribution in [-0.4, -0.2) is 36.1 Å². The van der Waals surface area contributed by atoms with Crippen LogP contribution in [0.4, 0.5) is 13.2 Å². The molecule has 1 aliphatic rings. The summed E-state index contributed by atoms with van der Waals surface area (Å²) in [5, 5.41) is 2.51. The maximum absolute atomic E-state index is 12.7. The van der Waals surface area contributed by atoms with Crippen molar-refractivity contribution in [1.82, 2.24) is 15.2 Å². The van der Waals surface area contributed by atoms with Gasteiger partial charge >= 0.3 is 6.18 Å². The van der Waals surface area contributed by atoms with Crippen molar-refractivity contribution in [3.05, 3.63) is 15.6 Å². The standard InChI is InChI=1S/C12H18F3N3S/c1-8(2)10-9(7-18-5-3-16-4-6-18)19-11(17-10)12(13,14)15/h8,16H,3-7H2,1-2H3. The van der Waals surface area contributed by atoms with E-state index in [2.05, 4.69) is 15.2 Å². The average Bonchev–Trinajstić information content (AvgIpc) is 2.74. The van der Waals surface area contributed by atoms with E-state index in [9.17, 15) is 13.2 Å². The minimum atomic E-state index is -4.34. The van der Waals surface area contributed by atoms with E-state index in [0.29, 0.717) is 12.2 Å². The Balaban J connectivity index is 2.19. The minimum Gasteiger partial charge on any atom is -0.314 e. The van der Waals surface area contributed by atoms with Crippen LogP contribution in [0.2, 0.25) is 0 Å². The Labute approximate surface area is 114 Å². The second kappa shape index (κ2) is 5.76. The highest BCUT2D eigenvalue weighted by atomic mass is 32.1. The third-order valence-electron chi connectivity index (χ3n) is 3.09. The van der Waals surface area contributed by atoms with Gasteiger partial charge in [0.15, 0.2) is 5.01 Å². The number of nitrogens with zero attached hydrogens (tertiary/aromatic N) is 2. The summed E-state index contributed by atoms with van der Waals surface area (Å²) in [5.74, 6) is 0.0188. The van der Waals surface area contributed by atoms with Gasteiger partial charge in [0.2, 0.25) is 0 Å². The van der Waals surface area contributed by atoms with Crippen molar-refractivity contribution in [3.63, 3.8) is 0 Å². The number of rotatable bonds is 3. The fourth-order valence-corrected chi connectivity index (χ4v) is 3.25. The molecule has 0 aliphatic carbocycles. The molecule has 1 aromatic heterocycles. The van der Waals surface area contributed by atoms with Gasteiger partial charge in [-0.1, -0.05) is 13.8 Å². The number of thiazole rings is 1. The van der Waals surface area contributed by atoms with E-state index in [1.54, 1.807) is 0 Å². The van der Waals surface area contributed by atoms with Crippen LogP contribution in [0.1, 0.15) is 35.3 Å². The lowest BCUT2D eigenvalue weighted by atomic mass is 10.1. The summed E-state index contributed by atoms with van der Waals surface area (Å²) in [5.41, 5.74) is 0.593. The van der Waals surface area contributed by atoms with Gasteiger partial charge in [0.25, 0.3) is 0 Å². The second-order valence-corrected chi connectivity index (χ2v) is 6.09. The molecule has 2 rings (SSSR count). The van der Waals surface area contributed by atoms with E-state index in [-0.39, 0.29) is 5.92 Å². The first-order valence-corrected chi connectivity index (χ1v) is 7.19. The molecule has 2 heterocycles. The summed E-state index contributed by atoms with van der Waals surface area (Å²) < 4.78 is 38.2. The normalized spacial score (nSPS) is 18.2. The van der Waals surface area contributed by atoms with Gasteiger partial charge in [0.05, 0.1) is 5.69 Å². The Bertz CT molecular complexity index is 422. The van der Waals surface area contributed by atoms with Gasteiger partial charge in [-0.25, -0.2) is 4.98 Å². The van der Waals surface area contributed by atoms with Gasteiger partial charge in [-0.3, -0.25) is 4.90 Å². The number of hydrogen-bond donors (Lipinski definition) is 1. The molecule has 0 spiro atoms.